The van der Waals surface area contributed by atoms with Crippen molar-refractivity contribution in [2.24, 2.45) is 0 Å². The Balaban J connectivity index is 1.53. The Kier molecular flexibility index (Phi) is 5.77. The highest BCUT2D eigenvalue weighted by molar-refractivity contribution is 5.73. The Bertz CT molecular complexity index is 1040. The van der Waals surface area contributed by atoms with E-state index in [-0.39, 0.29) is 5.69 Å². The molecule has 3 aromatic rings. The van der Waals surface area contributed by atoms with Crippen molar-refractivity contribution in [1.82, 2.24) is 25.5 Å². The molecule has 1 atom stereocenters. The number of rotatable bonds is 6. The number of anilines is 3. The van der Waals surface area contributed by atoms with Gasteiger partial charge in [0.15, 0.2) is 11.5 Å². The normalized spacial score (nSPS) is 16.2. The van der Waals surface area contributed by atoms with E-state index >= 15 is 0 Å². The molecule has 0 saturated carbocycles. The van der Waals surface area contributed by atoms with Crippen molar-refractivity contribution in [2.75, 3.05) is 37.0 Å². The molecule has 0 bridgehead atoms. The predicted molar refractivity (Wildman–Crippen MR) is 115 cm³/mol. The maximum absolute atomic E-state index is 8.82. The Labute approximate surface area is 175 Å². The van der Waals surface area contributed by atoms with Gasteiger partial charge in [-0.2, -0.15) is 10.4 Å². The van der Waals surface area contributed by atoms with Crippen LogP contribution in [0.3, 0.4) is 0 Å². The molecule has 0 radical (unpaired) electrons. The first kappa shape index (κ1) is 19.7. The van der Waals surface area contributed by atoms with Crippen molar-refractivity contribution in [1.29, 1.82) is 5.26 Å². The highest BCUT2D eigenvalue weighted by Gasteiger charge is 2.19. The van der Waals surface area contributed by atoms with Gasteiger partial charge >= 0.3 is 0 Å². The molecule has 1 saturated heterocycles. The SMILES string of the molecule is CC[C@@H]1CN(c2ccc(-c3cc(Nc4cnc(C#N)cn4)n[nH]3)c(OC)c2)CCN1. The van der Waals surface area contributed by atoms with Crippen LogP contribution in [0.5, 0.6) is 5.75 Å². The van der Waals surface area contributed by atoms with Gasteiger partial charge in [0.1, 0.15) is 17.6 Å². The molecule has 9 nitrogen and oxygen atoms in total. The molecule has 0 aliphatic carbocycles. The quantitative estimate of drug-likeness (QED) is 0.574. The van der Waals surface area contributed by atoms with E-state index in [4.69, 9.17) is 10.00 Å². The van der Waals surface area contributed by atoms with Crippen LogP contribution in [0.4, 0.5) is 17.3 Å². The number of nitriles is 1. The van der Waals surface area contributed by atoms with Crippen LogP contribution in [0.25, 0.3) is 11.3 Å². The fourth-order valence-electron chi connectivity index (χ4n) is 3.54. The molecule has 0 spiro atoms. The van der Waals surface area contributed by atoms with Crippen LogP contribution in [0, 0.1) is 11.3 Å². The van der Waals surface area contributed by atoms with Gasteiger partial charge in [-0.1, -0.05) is 6.92 Å². The maximum Gasteiger partial charge on any atom is 0.158 e. The molecule has 30 heavy (non-hydrogen) atoms. The van der Waals surface area contributed by atoms with Crippen molar-refractivity contribution in [3.63, 3.8) is 0 Å². The lowest BCUT2D eigenvalue weighted by Crippen LogP contribution is -2.50. The number of methoxy groups -OCH3 is 1. The summed E-state index contributed by atoms with van der Waals surface area (Å²) < 4.78 is 5.67. The Morgan fingerprint density at radius 3 is 2.90 bits per heavy atom. The summed E-state index contributed by atoms with van der Waals surface area (Å²) in [7, 11) is 1.68. The number of nitrogens with zero attached hydrogens (tertiary/aromatic N) is 5. The van der Waals surface area contributed by atoms with Gasteiger partial charge < -0.3 is 20.3 Å². The van der Waals surface area contributed by atoms with E-state index < -0.39 is 0 Å². The molecule has 1 aromatic carbocycles. The molecular weight excluding hydrogens is 380 g/mol. The molecule has 0 amide bonds. The molecule has 0 unspecified atom stereocenters. The first-order valence-corrected chi connectivity index (χ1v) is 9.91. The van der Waals surface area contributed by atoms with Crippen LogP contribution in [0.15, 0.2) is 36.7 Å². The second-order valence-corrected chi connectivity index (χ2v) is 7.08. The minimum absolute atomic E-state index is 0.267. The number of aromatic amines is 1. The number of hydrogen-bond acceptors (Lipinski definition) is 8. The van der Waals surface area contributed by atoms with E-state index in [1.54, 1.807) is 7.11 Å². The zero-order valence-corrected chi connectivity index (χ0v) is 17.0. The fourth-order valence-corrected chi connectivity index (χ4v) is 3.54. The monoisotopic (exact) mass is 404 g/mol. The summed E-state index contributed by atoms with van der Waals surface area (Å²) in [5, 5.41) is 22.8. The number of benzene rings is 1. The zero-order chi connectivity index (χ0) is 20.9. The average Bonchev–Trinajstić information content (AvgIpc) is 3.27. The molecule has 4 rings (SSSR count). The number of ether oxygens (including phenoxy) is 1. The smallest absolute Gasteiger partial charge is 0.158 e. The summed E-state index contributed by atoms with van der Waals surface area (Å²) in [4.78, 5) is 10.5. The fraction of sp³-hybridized carbons (Fsp3) is 0.333. The van der Waals surface area contributed by atoms with Gasteiger partial charge in [0.25, 0.3) is 0 Å². The molecule has 3 N–H and O–H groups in total. The molecule has 1 fully saturated rings. The van der Waals surface area contributed by atoms with E-state index in [2.05, 4.69) is 60.8 Å². The molecular formula is C21H24N8O. The lowest BCUT2D eigenvalue weighted by atomic mass is 10.1. The molecule has 9 heteroatoms. The second kappa shape index (κ2) is 8.80. The number of piperazine rings is 1. The Morgan fingerprint density at radius 2 is 2.17 bits per heavy atom. The first-order valence-electron chi connectivity index (χ1n) is 9.91. The van der Waals surface area contributed by atoms with Crippen molar-refractivity contribution < 1.29 is 4.74 Å². The van der Waals surface area contributed by atoms with Gasteiger partial charge in [-0.05, 0) is 18.6 Å². The third-order valence-electron chi connectivity index (χ3n) is 5.19. The van der Waals surface area contributed by atoms with Gasteiger partial charge in [0.05, 0.1) is 25.2 Å². The Morgan fingerprint density at radius 1 is 1.27 bits per heavy atom. The first-order chi connectivity index (χ1) is 14.7. The lowest BCUT2D eigenvalue weighted by Gasteiger charge is -2.35. The summed E-state index contributed by atoms with van der Waals surface area (Å²) >= 11 is 0. The summed E-state index contributed by atoms with van der Waals surface area (Å²) in [6, 6.07) is 10.6. The minimum Gasteiger partial charge on any atom is -0.496 e. The average molecular weight is 404 g/mol. The number of nitrogens with one attached hydrogen (secondary N) is 3. The van der Waals surface area contributed by atoms with Gasteiger partial charge in [-0.25, -0.2) is 9.97 Å². The standard InChI is InChI=1S/C21H24N8O/c1-3-14-13-29(7-6-23-14)16-4-5-17(19(8-16)30-2)18-9-20(28-27-18)26-21-12-24-15(10-22)11-25-21/h4-5,8-9,11-12,14,23H,3,6-7,13H2,1-2H3,(H2,25,26,27,28)/t14-/m1/s1. The second-order valence-electron chi connectivity index (χ2n) is 7.08. The number of hydrogen-bond donors (Lipinski definition) is 3. The molecule has 1 aliphatic heterocycles. The van der Waals surface area contributed by atoms with E-state index in [0.29, 0.717) is 17.7 Å². The third kappa shape index (κ3) is 4.18. The zero-order valence-electron chi connectivity index (χ0n) is 17.0. The lowest BCUT2D eigenvalue weighted by molar-refractivity contribution is 0.415. The third-order valence-corrected chi connectivity index (χ3v) is 5.19. The van der Waals surface area contributed by atoms with Crippen LogP contribution in [-0.4, -0.2) is 53.0 Å². The highest BCUT2D eigenvalue weighted by Crippen LogP contribution is 2.34. The summed E-state index contributed by atoms with van der Waals surface area (Å²) in [6.07, 6.45) is 4.02. The van der Waals surface area contributed by atoms with Crippen LogP contribution in [-0.2, 0) is 0 Å². The van der Waals surface area contributed by atoms with E-state index in [1.807, 2.05) is 12.1 Å². The van der Waals surface area contributed by atoms with Crippen LogP contribution < -0.4 is 20.3 Å². The van der Waals surface area contributed by atoms with Crippen LogP contribution in [0.1, 0.15) is 19.0 Å². The topological polar surface area (TPSA) is 115 Å². The largest absolute Gasteiger partial charge is 0.496 e. The Hall–Kier alpha value is -3.64. The molecule has 154 valence electrons. The molecule has 3 heterocycles. The molecule has 1 aliphatic rings. The summed E-state index contributed by atoms with van der Waals surface area (Å²) in [5.74, 6) is 1.90. The van der Waals surface area contributed by atoms with E-state index in [1.165, 1.54) is 12.4 Å². The van der Waals surface area contributed by atoms with Crippen molar-refractivity contribution in [3.05, 3.63) is 42.4 Å². The minimum atomic E-state index is 0.267. The van der Waals surface area contributed by atoms with E-state index in [9.17, 15) is 0 Å². The van der Waals surface area contributed by atoms with Gasteiger partial charge in [0.2, 0.25) is 0 Å². The van der Waals surface area contributed by atoms with Crippen molar-refractivity contribution in [2.45, 2.75) is 19.4 Å². The number of H-pyrrole nitrogens is 1. The van der Waals surface area contributed by atoms with Crippen molar-refractivity contribution >= 4 is 17.3 Å². The van der Waals surface area contributed by atoms with Gasteiger partial charge in [-0.3, -0.25) is 5.10 Å². The summed E-state index contributed by atoms with van der Waals surface area (Å²) in [6.45, 7) is 5.15. The van der Waals surface area contributed by atoms with Crippen molar-refractivity contribution in [3.8, 4) is 23.1 Å². The maximum atomic E-state index is 8.82. The van der Waals surface area contributed by atoms with Gasteiger partial charge in [-0.15, -0.1) is 0 Å². The predicted octanol–water partition coefficient (Wildman–Crippen LogP) is 2.68. The molecule has 2 aromatic heterocycles. The van der Waals surface area contributed by atoms with Gasteiger partial charge in [0, 0.05) is 49.1 Å². The van der Waals surface area contributed by atoms with Crippen LogP contribution in [0.2, 0.25) is 0 Å². The van der Waals surface area contributed by atoms with Crippen LogP contribution >= 0.6 is 0 Å². The summed E-state index contributed by atoms with van der Waals surface area (Å²) in [5.41, 5.74) is 3.17. The highest BCUT2D eigenvalue weighted by atomic mass is 16.5. The number of aromatic nitrogens is 4. The van der Waals surface area contributed by atoms with E-state index in [0.717, 1.165) is 48.7 Å².